The van der Waals surface area contributed by atoms with Crippen LogP contribution in [-0.4, -0.2) is 23.4 Å². The summed E-state index contributed by atoms with van der Waals surface area (Å²) in [4.78, 5) is 18.0. The van der Waals surface area contributed by atoms with Crippen LogP contribution >= 0.6 is 0 Å². The first-order valence-electron chi connectivity index (χ1n) is 10.9. The van der Waals surface area contributed by atoms with Gasteiger partial charge < -0.3 is 4.74 Å². The van der Waals surface area contributed by atoms with Crippen LogP contribution in [0.5, 0.6) is 0 Å². The Labute approximate surface area is 156 Å². The summed E-state index contributed by atoms with van der Waals surface area (Å²) in [6, 6.07) is 0. The highest BCUT2D eigenvalue weighted by molar-refractivity contribution is 5.74. The van der Waals surface area contributed by atoms with Crippen LogP contribution in [0.1, 0.15) is 59.3 Å². The van der Waals surface area contributed by atoms with Crippen molar-refractivity contribution in [2.75, 3.05) is 6.61 Å². The molecule has 0 radical (unpaired) electrons. The zero-order valence-corrected chi connectivity index (χ0v) is 16.4. The molecule has 6 fully saturated rings. The molecule has 6 saturated carbocycles. The molecule has 1 N–H and O–H groups in total. The fourth-order valence-electron chi connectivity index (χ4n) is 8.38. The Morgan fingerprint density at radius 1 is 0.962 bits per heavy atom. The van der Waals surface area contributed by atoms with Crippen LogP contribution < -0.4 is 0 Å². The van der Waals surface area contributed by atoms with Gasteiger partial charge in [-0.05, 0) is 92.8 Å². The summed E-state index contributed by atoms with van der Waals surface area (Å²) in [5.41, 5.74) is -0.258. The second-order valence-electron chi connectivity index (χ2n) is 10.7. The van der Waals surface area contributed by atoms with E-state index in [1.165, 1.54) is 32.1 Å². The third-order valence-electron chi connectivity index (χ3n) is 9.82. The molecule has 6 rings (SSSR count). The summed E-state index contributed by atoms with van der Waals surface area (Å²) in [5, 5.41) is 9.09. The van der Waals surface area contributed by atoms with Gasteiger partial charge in [0.05, 0.1) is 12.5 Å². The minimum Gasteiger partial charge on any atom is -0.459 e. The van der Waals surface area contributed by atoms with Crippen molar-refractivity contribution in [3.8, 4) is 0 Å². The van der Waals surface area contributed by atoms with E-state index in [0.29, 0.717) is 35.5 Å². The second kappa shape index (κ2) is 5.94. The standard InChI is InChI=1S/C22H34O4/c1-11-12(2)18-9-17(11)19(10-25-24)20(18)21(23)26-22(3)15-5-13-4-14(7-15)8-16(22)6-13/h11-20,24H,4-10H2,1-3H3. The Morgan fingerprint density at radius 2 is 1.54 bits per heavy atom. The molecule has 6 aliphatic carbocycles. The molecule has 0 aromatic rings. The molecule has 6 aliphatic rings. The van der Waals surface area contributed by atoms with E-state index in [0.717, 1.165) is 18.3 Å². The maximum absolute atomic E-state index is 13.4. The summed E-state index contributed by atoms with van der Waals surface area (Å²) in [6.07, 6.45) is 7.51. The summed E-state index contributed by atoms with van der Waals surface area (Å²) in [6.45, 7) is 7.08. The lowest BCUT2D eigenvalue weighted by Crippen LogP contribution is -2.58. The first-order valence-corrected chi connectivity index (χ1v) is 10.9. The van der Waals surface area contributed by atoms with Crippen molar-refractivity contribution in [3.05, 3.63) is 0 Å². The Hall–Kier alpha value is -0.610. The molecular weight excluding hydrogens is 328 g/mol. The summed E-state index contributed by atoms with van der Waals surface area (Å²) < 4.78 is 6.44. The summed E-state index contributed by atoms with van der Waals surface area (Å²) in [7, 11) is 0. The number of hydrogen-bond donors (Lipinski definition) is 1. The zero-order chi connectivity index (χ0) is 18.2. The van der Waals surface area contributed by atoms with Crippen molar-refractivity contribution in [3.63, 3.8) is 0 Å². The van der Waals surface area contributed by atoms with Gasteiger partial charge in [-0.3, -0.25) is 10.1 Å². The lowest BCUT2D eigenvalue weighted by Gasteiger charge is -2.59. The van der Waals surface area contributed by atoms with Gasteiger partial charge in [-0.25, -0.2) is 4.89 Å². The molecule has 0 aromatic heterocycles. The molecule has 4 nitrogen and oxygen atoms in total. The summed E-state index contributed by atoms with van der Waals surface area (Å²) >= 11 is 0. The lowest BCUT2D eigenvalue weighted by atomic mass is 9.50. The average Bonchev–Trinajstić information content (AvgIpc) is 3.09. The van der Waals surface area contributed by atoms with Crippen LogP contribution in [0.4, 0.5) is 0 Å². The molecule has 6 bridgehead atoms. The number of rotatable bonds is 4. The highest BCUT2D eigenvalue weighted by Crippen LogP contribution is 2.62. The van der Waals surface area contributed by atoms with Crippen molar-refractivity contribution in [2.24, 2.45) is 59.2 Å². The third-order valence-corrected chi connectivity index (χ3v) is 9.82. The molecule has 26 heavy (non-hydrogen) atoms. The first-order chi connectivity index (χ1) is 12.4. The molecule has 0 heterocycles. The predicted molar refractivity (Wildman–Crippen MR) is 97.0 cm³/mol. The van der Waals surface area contributed by atoms with Gasteiger partial charge in [0, 0.05) is 5.92 Å². The number of carbonyl (C=O) groups is 1. The van der Waals surface area contributed by atoms with Crippen LogP contribution in [-0.2, 0) is 14.4 Å². The van der Waals surface area contributed by atoms with Gasteiger partial charge >= 0.3 is 5.97 Å². The maximum Gasteiger partial charge on any atom is 0.310 e. The van der Waals surface area contributed by atoms with E-state index in [-0.39, 0.29) is 30.0 Å². The largest absolute Gasteiger partial charge is 0.459 e. The Balaban J connectivity index is 1.36. The van der Waals surface area contributed by atoms with E-state index in [2.05, 4.69) is 25.7 Å². The number of hydrogen-bond acceptors (Lipinski definition) is 4. The SMILES string of the molecule is CC1C(C)C2CC1C(COO)C2C(=O)OC1(C)C2CC3CC(C2)CC1C3. The number of esters is 1. The number of carbonyl (C=O) groups excluding carboxylic acids is 1. The van der Waals surface area contributed by atoms with Gasteiger partial charge in [-0.2, -0.15) is 0 Å². The number of ether oxygens (including phenoxy) is 1. The fraction of sp³-hybridized carbons (Fsp3) is 0.955. The van der Waals surface area contributed by atoms with Crippen LogP contribution in [0.3, 0.4) is 0 Å². The van der Waals surface area contributed by atoms with Gasteiger partial charge in [0.25, 0.3) is 0 Å². The van der Waals surface area contributed by atoms with E-state index in [4.69, 9.17) is 9.99 Å². The first kappa shape index (κ1) is 17.5. The van der Waals surface area contributed by atoms with Crippen LogP contribution in [0.2, 0.25) is 0 Å². The van der Waals surface area contributed by atoms with Crippen LogP contribution in [0, 0.1) is 59.2 Å². The minimum atomic E-state index is -0.258. The Bertz CT molecular complexity index is 559. The molecule has 4 heteroatoms. The van der Waals surface area contributed by atoms with E-state index in [1.807, 2.05) is 0 Å². The highest BCUT2D eigenvalue weighted by Gasteiger charge is 2.61. The lowest BCUT2D eigenvalue weighted by molar-refractivity contribution is -0.260. The smallest absolute Gasteiger partial charge is 0.310 e. The predicted octanol–water partition coefficient (Wildman–Crippen LogP) is 4.39. The molecular formula is C22H34O4. The molecule has 0 spiro atoms. The molecule has 146 valence electrons. The molecule has 0 aromatic carbocycles. The van der Waals surface area contributed by atoms with Gasteiger partial charge in [0.2, 0.25) is 0 Å². The highest BCUT2D eigenvalue weighted by atomic mass is 17.1. The summed E-state index contributed by atoms with van der Waals surface area (Å²) in [5.74, 6) is 4.93. The maximum atomic E-state index is 13.4. The topological polar surface area (TPSA) is 55.8 Å². The third kappa shape index (κ3) is 2.30. The van der Waals surface area contributed by atoms with Gasteiger partial charge in [0.15, 0.2) is 0 Å². The zero-order valence-electron chi connectivity index (χ0n) is 16.4. The fourth-order valence-corrected chi connectivity index (χ4v) is 8.38. The van der Waals surface area contributed by atoms with Crippen molar-refractivity contribution < 1.29 is 19.7 Å². The molecule has 0 aliphatic heterocycles. The van der Waals surface area contributed by atoms with Gasteiger partial charge in [-0.1, -0.05) is 13.8 Å². The van der Waals surface area contributed by atoms with Crippen molar-refractivity contribution in [1.82, 2.24) is 0 Å². The van der Waals surface area contributed by atoms with Crippen LogP contribution in [0.25, 0.3) is 0 Å². The molecule has 6 atom stereocenters. The molecule has 0 saturated heterocycles. The normalized spacial score (nSPS) is 56.9. The van der Waals surface area contributed by atoms with E-state index in [9.17, 15) is 4.79 Å². The Morgan fingerprint density at radius 3 is 2.12 bits per heavy atom. The number of fused-ring (bicyclic) bond motifs is 2. The Kier molecular flexibility index (Phi) is 4.00. The van der Waals surface area contributed by atoms with Crippen molar-refractivity contribution >= 4 is 5.97 Å². The monoisotopic (exact) mass is 362 g/mol. The van der Waals surface area contributed by atoms with Gasteiger partial charge in [-0.15, -0.1) is 0 Å². The van der Waals surface area contributed by atoms with Crippen molar-refractivity contribution in [2.45, 2.75) is 64.9 Å². The van der Waals surface area contributed by atoms with E-state index >= 15 is 0 Å². The minimum absolute atomic E-state index is 0.00766. The molecule has 6 unspecified atom stereocenters. The quantitative estimate of drug-likeness (QED) is 0.458. The van der Waals surface area contributed by atoms with E-state index in [1.54, 1.807) is 0 Å². The molecule has 0 amide bonds. The van der Waals surface area contributed by atoms with E-state index < -0.39 is 0 Å². The average molecular weight is 363 g/mol. The van der Waals surface area contributed by atoms with Crippen LogP contribution in [0.15, 0.2) is 0 Å². The van der Waals surface area contributed by atoms with Gasteiger partial charge in [0.1, 0.15) is 5.60 Å². The van der Waals surface area contributed by atoms with Crippen molar-refractivity contribution in [1.29, 1.82) is 0 Å². The second-order valence-corrected chi connectivity index (χ2v) is 10.7.